The van der Waals surface area contributed by atoms with E-state index in [0.29, 0.717) is 25.9 Å². The molecule has 0 bridgehead atoms. The maximum Gasteiger partial charge on any atom is 0.514 e. The second-order valence-corrected chi connectivity index (χ2v) is 12.2. The summed E-state index contributed by atoms with van der Waals surface area (Å²) in [5, 5.41) is 11.4. The molecular weight excluding hydrogens is 455 g/mol. The van der Waals surface area contributed by atoms with Crippen LogP contribution in [0.15, 0.2) is 11.1 Å². The molecule has 6 rings (SSSR count). The molecular formula is C22H30O10P+. The van der Waals surface area contributed by atoms with Crippen molar-refractivity contribution in [3.63, 3.8) is 0 Å². The largest absolute Gasteiger partial charge is 0.514 e. The van der Waals surface area contributed by atoms with Crippen LogP contribution in [0, 0.1) is 30.3 Å². The second kappa shape index (κ2) is 6.83. The van der Waals surface area contributed by atoms with Crippen LogP contribution in [0.2, 0.25) is 0 Å². The zero-order valence-electron chi connectivity index (χ0n) is 18.9. The summed E-state index contributed by atoms with van der Waals surface area (Å²) in [5.41, 5.74) is -0.141. The summed E-state index contributed by atoms with van der Waals surface area (Å²) < 4.78 is 45.2. The molecule has 10 atom stereocenters. The van der Waals surface area contributed by atoms with Gasteiger partial charge in [-0.25, -0.2) is 9.36 Å². The molecule has 2 spiro atoms. The molecule has 3 aliphatic heterocycles. The Morgan fingerprint density at radius 3 is 2.79 bits per heavy atom. The third-order valence-corrected chi connectivity index (χ3v) is 10.0. The van der Waals surface area contributed by atoms with Gasteiger partial charge < -0.3 is 28.9 Å². The van der Waals surface area contributed by atoms with E-state index in [4.69, 9.17) is 23.5 Å². The monoisotopic (exact) mass is 485 g/mol. The smallest absolute Gasteiger partial charge is 0.458 e. The van der Waals surface area contributed by atoms with Gasteiger partial charge in [-0.3, -0.25) is 4.52 Å². The van der Waals surface area contributed by atoms with Crippen LogP contribution in [0.3, 0.4) is 0 Å². The van der Waals surface area contributed by atoms with Crippen molar-refractivity contribution in [2.75, 3.05) is 13.4 Å². The van der Waals surface area contributed by atoms with Gasteiger partial charge in [-0.2, -0.15) is 0 Å². The molecule has 3 heterocycles. The number of phosphoric ester groups is 1. The first kappa shape index (κ1) is 22.5. The molecule has 0 radical (unpaired) electrons. The first-order valence-electron chi connectivity index (χ1n) is 11.5. The van der Waals surface area contributed by atoms with Crippen LogP contribution in [0.1, 0.15) is 40.0 Å². The number of hydrogen-bond acceptors (Lipinski definition) is 9. The predicted octanol–water partition coefficient (Wildman–Crippen LogP) is 1.85. The van der Waals surface area contributed by atoms with Gasteiger partial charge in [0.1, 0.15) is 24.4 Å². The van der Waals surface area contributed by atoms with Crippen molar-refractivity contribution in [3.8, 4) is 0 Å². The minimum atomic E-state index is -4.33. The highest BCUT2D eigenvalue weighted by molar-refractivity contribution is 7.47. The van der Waals surface area contributed by atoms with Crippen molar-refractivity contribution in [1.82, 2.24) is 0 Å². The lowest BCUT2D eigenvalue weighted by Gasteiger charge is -2.55. The molecule has 182 valence electrons. The van der Waals surface area contributed by atoms with Crippen LogP contribution in [0.25, 0.3) is 0 Å². The van der Waals surface area contributed by atoms with E-state index >= 15 is 0 Å². The lowest BCUT2D eigenvalue weighted by Crippen LogP contribution is -2.70. The molecule has 10 unspecified atom stereocenters. The van der Waals surface area contributed by atoms with E-state index in [1.807, 2.05) is 13.8 Å². The Morgan fingerprint density at radius 2 is 2.09 bits per heavy atom. The van der Waals surface area contributed by atoms with Crippen molar-refractivity contribution in [1.29, 1.82) is 0 Å². The van der Waals surface area contributed by atoms with Gasteiger partial charge in [0.15, 0.2) is 12.4 Å². The fraction of sp³-hybridized carbons (Fsp3) is 0.818. The van der Waals surface area contributed by atoms with E-state index < -0.39 is 44.1 Å². The molecule has 2 saturated carbocycles. The minimum Gasteiger partial charge on any atom is -0.458 e. The van der Waals surface area contributed by atoms with Crippen molar-refractivity contribution < 1.29 is 47.4 Å². The number of hydrogen-bond donors (Lipinski definition) is 2. The lowest BCUT2D eigenvalue weighted by molar-refractivity contribution is -0.175. The number of fused-ring (bicyclic) bond motifs is 2. The quantitative estimate of drug-likeness (QED) is 0.189. The van der Waals surface area contributed by atoms with Gasteiger partial charge in [0.25, 0.3) is 0 Å². The number of ether oxygens (including phenoxy) is 4. The fourth-order valence-corrected chi connectivity index (χ4v) is 8.06. The average Bonchev–Trinajstić information content (AvgIpc) is 3.64. The van der Waals surface area contributed by atoms with Gasteiger partial charge >= 0.3 is 13.8 Å². The summed E-state index contributed by atoms with van der Waals surface area (Å²) in [6.45, 7) is 5.95. The Kier molecular flexibility index (Phi) is 4.65. The number of carbonyl (C=O) groups excluding carboxylic acids is 1. The Morgan fingerprint density at radius 1 is 1.33 bits per heavy atom. The molecule has 33 heavy (non-hydrogen) atoms. The minimum absolute atomic E-state index is 0.0310. The fourth-order valence-electron chi connectivity index (χ4n) is 7.79. The van der Waals surface area contributed by atoms with Crippen LogP contribution < -0.4 is 0 Å². The van der Waals surface area contributed by atoms with Gasteiger partial charge in [-0.1, -0.05) is 25.3 Å². The van der Waals surface area contributed by atoms with Crippen molar-refractivity contribution in [3.05, 3.63) is 18.3 Å². The average molecular weight is 485 g/mol. The van der Waals surface area contributed by atoms with E-state index in [1.54, 1.807) is 0 Å². The van der Waals surface area contributed by atoms with Crippen LogP contribution in [0.4, 0.5) is 0 Å². The molecule has 2 saturated heterocycles. The molecule has 0 amide bonds. The van der Waals surface area contributed by atoms with Crippen LogP contribution in [0.5, 0.6) is 0 Å². The van der Waals surface area contributed by atoms with Gasteiger partial charge in [-0.05, 0) is 36.7 Å². The molecule has 2 N–H and O–H groups in total. The number of rotatable bonds is 6. The highest BCUT2D eigenvalue weighted by atomic mass is 31.2. The molecule has 0 aromatic heterocycles. The van der Waals surface area contributed by atoms with E-state index in [1.165, 1.54) is 0 Å². The summed E-state index contributed by atoms with van der Waals surface area (Å²) in [6.07, 6.45) is 0.00307. The van der Waals surface area contributed by atoms with Crippen molar-refractivity contribution in [2.45, 2.75) is 75.7 Å². The molecule has 0 aromatic carbocycles. The number of cyclic esters (lactones) is 1. The first-order valence-corrected chi connectivity index (χ1v) is 13.0. The Bertz CT molecular complexity index is 980. The number of aliphatic hydroxyl groups excluding tert-OH is 1. The topological polar surface area (TPSA) is 137 Å². The Labute approximate surface area is 192 Å². The summed E-state index contributed by atoms with van der Waals surface area (Å²) in [4.78, 5) is 21.8. The zero-order valence-corrected chi connectivity index (χ0v) is 19.8. The van der Waals surface area contributed by atoms with Gasteiger partial charge in [0.2, 0.25) is 7.11 Å². The lowest BCUT2D eigenvalue weighted by atomic mass is 9.46. The number of phosphoric acid groups is 1. The molecule has 11 heteroatoms. The summed E-state index contributed by atoms with van der Waals surface area (Å²) in [6, 6.07) is 0. The molecule has 3 aliphatic carbocycles. The molecule has 0 aromatic rings. The third-order valence-electron chi connectivity index (χ3n) is 9.24. The Hall–Kier alpha value is -0.970. The van der Waals surface area contributed by atoms with Gasteiger partial charge in [-0.15, -0.1) is 0 Å². The molecule has 10 nitrogen and oxygen atoms in total. The zero-order chi connectivity index (χ0) is 23.6. The molecule has 6 aliphatic rings. The van der Waals surface area contributed by atoms with Gasteiger partial charge in [0, 0.05) is 16.9 Å². The number of esters is 1. The molecule has 4 fully saturated rings. The van der Waals surface area contributed by atoms with Crippen LogP contribution in [-0.4, -0.2) is 65.0 Å². The Balaban J connectivity index is 1.38. The van der Waals surface area contributed by atoms with E-state index in [-0.39, 0.29) is 35.2 Å². The van der Waals surface area contributed by atoms with E-state index in [2.05, 4.69) is 18.6 Å². The van der Waals surface area contributed by atoms with Crippen molar-refractivity contribution >= 4 is 13.8 Å². The van der Waals surface area contributed by atoms with Crippen molar-refractivity contribution in [2.24, 2.45) is 23.2 Å². The van der Waals surface area contributed by atoms with Gasteiger partial charge in [0.05, 0.1) is 12.2 Å². The summed E-state index contributed by atoms with van der Waals surface area (Å²) in [5.74, 6) is -0.471. The van der Waals surface area contributed by atoms with E-state index in [9.17, 15) is 19.4 Å². The SMILES string of the molecule is [CH2+]OP(=O)(O)OCOC1C(C(C)C)C(O)C2OC23C2(C)CCC4=C(COC4=O)C2CC2OC213. The summed E-state index contributed by atoms with van der Waals surface area (Å²) in [7, 11) is -1.38. The maximum atomic E-state index is 12.2. The normalized spacial score (nSPS) is 51.0. The van der Waals surface area contributed by atoms with Crippen LogP contribution in [-0.2, 0) is 37.4 Å². The van der Waals surface area contributed by atoms with Crippen LogP contribution >= 0.6 is 7.82 Å². The standard InChI is InChI=1S/C22H29O10P/c1-10(2)15-16(23)18-22(32-18)20(3)6-5-11-12(8-28-19(11)24)13(20)7-14-21(22,31-14)17(15)29-9-30-33(25,26)27-4/h10,13-18,23H,4-9H2,1-3H3/p+1. The second-order valence-electron chi connectivity index (χ2n) is 10.7. The highest BCUT2D eigenvalue weighted by Crippen LogP contribution is 2.79. The number of epoxide rings is 2. The maximum absolute atomic E-state index is 12.2. The first-order chi connectivity index (χ1) is 15.5. The highest BCUT2D eigenvalue weighted by Gasteiger charge is 2.94. The number of aliphatic hydroxyl groups is 1. The summed E-state index contributed by atoms with van der Waals surface area (Å²) >= 11 is 0. The van der Waals surface area contributed by atoms with E-state index in [0.717, 1.165) is 11.1 Å². The third kappa shape index (κ3) is 2.61. The predicted molar refractivity (Wildman–Crippen MR) is 110 cm³/mol. The number of carbonyl (C=O) groups is 1.